The smallest absolute Gasteiger partial charge is 0.261 e. The van der Waals surface area contributed by atoms with Crippen molar-refractivity contribution in [2.75, 3.05) is 5.32 Å². The van der Waals surface area contributed by atoms with Gasteiger partial charge in [0.1, 0.15) is 5.56 Å². The van der Waals surface area contributed by atoms with Gasteiger partial charge in [-0.1, -0.05) is 40.9 Å². The summed E-state index contributed by atoms with van der Waals surface area (Å²) in [5, 5.41) is 4.07. The van der Waals surface area contributed by atoms with E-state index in [2.05, 4.69) is 10.3 Å². The molecular weight excluding hydrogens is 359 g/mol. The van der Waals surface area contributed by atoms with Crippen molar-refractivity contribution in [2.24, 2.45) is 0 Å². The minimum absolute atomic E-state index is 0.0363. The Labute approximate surface area is 146 Å². The molecule has 7 heteroatoms. The molecule has 116 valence electrons. The largest absolute Gasteiger partial charge is 0.359 e. The van der Waals surface area contributed by atoms with Crippen molar-refractivity contribution in [1.29, 1.82) is 0 Å². The van der Waals surface area contributed by atoms with Crippen LogP contribution in [0.1, 0.15) is 10.4 Å². The monoisotopic (exact) mass is 366 g/mol. The minimum atomic E-state index is -0.572. The molecule has 0 saturated heterocycles. The SMILES string of the molecule is O=C(Nc1ccc(Cl)cc1Cl)c1c[nH]c2c(Cl)cccc2c1=O. The Bertz CT molecular complexity index is 983. The van der Waals surface area contributed by atoms with Gasteiger partial charge in [-0.2, -0.15) is 0 Å². The van der Waals surface area contributed by atoms with Crippen LogP contribution in [0.3, 0.4) is 0 Å². The average molecular weight is 368 g/mol. The van der Waals surface area contributed by atoms with Gasteiger partial charge in [-0.3, -0.25) is 9.59 Å². The highest BCUT2D eigenvalue weighted by atomic mass is 35.5. The molecule has 1 amide bonds. The van der Waals surface area contributed by atoms with Gasteiger partial charge in [-0.05, 0) is 30.3 Å². The van der Waals surface area contributed by atoms with Crippen molar-refractivity contribution in [3.63, 3.8) is 0 Å². The molecule has 0 atom stereocenters. The third-order valence-electron chi connectivity index (χ3n) is 3.29. The highest BCUT2D eigenvalue weighted by Crippen LogP contribution is 2.26. The van der Waals surface area contributed by atoms with E-state index < -0.39 is 11.3 Å². The topological polar surface area (TPSA) is 62.0 Å². The number of carbonyl (C=O) groups is 1. The maximum Gasteiger partial charge on any atom is 0.261 e. The molecule has 0 unspecified atom stereocenters. The standard InChI is InChI=1S/C16H9Cl3N2O2/c17-8-4-5-13(12(19)6-8)21-16(23)10-7-20-14-9(15(10)22)2-1-3-11(14)18/h1-7H,(H,20,22)(H,21,23). The second-order valence-corrected chi connectivity index (χ2v) is 6.02. The van der Waals surface area contributed by atoms with Gasteiger partial charge in [-0.15, -0.1) is 0 Å². The number of amides is 1. The molecule has 23 heavy (non-hydrogen) atoms. The number of hydrogen-bond acceptors (Lipinski definition) is 2. The molecule has 2 aromatic carbocycles. The van der Waals surface area contributed by atoms with Crippen molar-refractivity contribution in [3.05, 3.63) is 73.4 Å². The van der Waals surface area contributed by atoms with Gasteiger partial charge in [0.2, 0.25) is 5.43 Å². The molecule has 0 aliphatic rings. The number of H-pyrrole nitrogens is 1. The number of pyridine rings is 1. The molecule has 2 N–H and O–H groups in total. The lowest BCUT2D eigenvalue weighted by molar-refractivity contribution is 0.102. The number of anilines is 1. The summed E-state index contributed by atoms with van der Waals surface area (Å²) in [6.07, 6.45) is 1.33. The van der Waals surface area contributed by atoms with Crippen LogP contribution in [0.25, 0.3) is 10.9 Å². The fourth-order valence-electron chi connectivity index (χ4n) is 2.16. The molecule has 0 bridgehead atoms. The fraction of sp³-hybridized carbons (Fsp3) is 0. The summed E-state index contributed by atoms with van der Waals surface area (Å²) < 4.78 is 0. The zero-order valence-corrected chi connectivity index (χ0v) is 13.8. The van der Waals surface area contributed by atoms with Crippen LogP contribution < -0.4 is 10.7 Å². The van der Waals surface area contributed by atoms with E-state index >= 15 is 0 Å². The Morgan fingerprint density at radius 2 is 1.83 bits per heavy atom. The van der Waals surface area contributed by atoms with Gasteiger partial charge in [0, 0.05) is 16.6 Å². The Kier molecular flexibility index (Phi) is 4.31. The Hall–Kier alpha value is -2.01. The van der Waals surface area contributed by atoms with Crippen molar-refractivity contribution in [3.8, 4) is 0 Å². The summed E-state index contributed by atoms with van der Waals surface area (Å²) in [5.74, 6) is -0.572. The third-order valence-corrected chi connectivity index (χ3v) is 4.15. The molecule has 0 aliphatic heterocycles. The molecule has 3 rings (SSSR count). The van der Waals surface area contributed by atoms with E-state index in [1.807, 2.05) is 0 Å². The van der Waals surface area contributed by atoms with E-state index in [1.54, 1.807) is 30.3 Å². The van der Waals surface area contributed by atoms with E-state index in [9.17, 15) is 9.59 Å². The number of hydrogen-bond donors (Lipinski definition) is 2. The van der Waals surface area contributed by atoms with Crippen LogP contribution in [-0.4, -0.2) is 10.9 Å². The summed E-state index contributed by atoms with van der Waals surface area (Å²) in [5.41, 5.74) is 0.404. The number of benzene rings is 2. The van der Waals surface area contributed by atoms with Crippen LogP contribution >= 0.6 is 34.8 Å². The molecule has 4 nitrogen and oxygen atoms in total. The number of aromatic amines is 1. The van der Waals surface area contributed by atoms with Crippen LogP contribution in [0, 0.1) is 0 Å². The first-order chi connectivity index (χ1) is 11.0. The first kappa shape index (κ1) is 15.9. The van der Waals surface area contributed by atoms with Crippen LogP contribution in [-0.2, 0) is 0 Å². The summed E-state index contributed by atoms with van der Waals surface area (Å²) in [6, 6.07) is 9.57. The van der Waals surface area contributed by atoms with E-state index in [4.69, 9.17) is 34.8 Å². The Morgan fingerprint density at radius 3 is 2.57 bits per heavy atom. The quantitative estimate of drug-likeness (QED) is 0.687. The number of carbonyl (C=O) groups excluding carboxylic acids is 1. The minimum Gasteiger partial charge on any atom is -0.359 e. The zero-order valence-electron chi connectivity index (χ0n) is 11.5. The lowest BCUT2D eigenvalue weighted by atomic mass is 10.1. The summed E-state index contributed by atoms with van der Waals surface area (Å²) >= 11 is 17.9. The van der Waals surface area contributed by atoms with E-state index in [-0.39, 0.29) is 10.6 Å². The van der Waals surface area contributed by atoms with Gasteiger partial charge in [-0.25, -0.2) is 0 Å². The maximum atomic E-state index is 12.5. The second kappa shape index (κ2) is 6.24. The molecule has 1 heterocycles. The van der Waals surface area contributed by atoms with Crippen LogP contribution in [0.2, 0.25) is 15.1 Å². The number of halogens is 3. The van der Waals surface area contributed by atoms with Crippen molar-refractivity contribution < 1.29 is 4.79 Å². The van der Waals surface area contributed by atoms with Crippen LogP contribution in [0.5, 0.6) is 0 Å². The van der Waals surface area contributed by atoms with Gasteiger partial charge in [0.05, 0.1) is 21.2 Å². The number of para-hydroxylation sites is 1. The molecule has 0 fully saturated rings. The Balaban J connectivity index is 2.01. The number of nitrogens with one attached hydrogen (secondary N) is 2. The molecule has 0 spiro atoms. The molecule has 0 aliphatic carbocycles. The van der Waals surface area contributed by atoms with Gasteiger partial charge in [0.25, 0.3) is 5.91 Å². The third kappa shape index (κ3) is 3.06. The lowest BCUT2D eigenvalue weighted by Crippen LogP contribution is -2.22. The van der Waals surface area contributed by atoms with Gasteiger partial charge < -0.3 is 10.3 Å². The lowest BCUT2D eigenvalue weighted by Gasteiger charge is -2.08. The number of aromatic nitrogens is 1. The van der Waals surface area contributed by atoms with E-state index in [1.165, 1.54) is 12.3 Å². The van der Waals surface area contributed by atoms with E-state index in [0.717, 1.165) is 0 Å². The molecule has 3 aromatic rings. The normalized spacial score (nSPS) is 10.7. The fourth-order valence-corrected chi connectivity index (χ4v) is 2.85. The zero-order chi connectivity index (χ0) is 16.6. The number of fused-ring (bicyclic) bond motifs is 1. The first-order valence-electron chi connectivity index (χ1n) is 6.53. The second-order valence-electron chi connectivity index (χ2n) is 4.77. The highest BCUT2D eigenvalue weighted by molar-refractivity contribution is 6.37. The molecule has 0 radical (unpaired) electrons. The predicted molar refractivity (Wildman–Crippen MR) is 94.0 cm³/mol. The number of rotatable bonds is 2. The summed E-state index contributed by atoms with van der Waals surface area (Å²) in [6.45, 7) is 0. The first-order valence-corrected chi connectivity index (χ1v) is 7.67. The average Bonchev–Trinajstić information content (AvgIpc) is 2.51. The van der Waals surface area contributed by atoms with Crippen molar-refractivity contribution in [2.45, 2.75) is 0 Å². The van der Waals surface area contributed by atoms with Gasteiger partial charge in [0.15, 0.2) is 0 Å². The van der Waals surface area contributed by atoms with Crippen LogP contribution in [0.4, 0.5) is 5.69 Å². The predicted octanol–water partition coefficient (Wildman–Crippen LogP) is 4.74. The molecular formula is C16H9Cl3N2O2. The molecule has 0 saturated carbocycles. The van der Waals surface area contributed by atoms with E-state index in [0.29, 0.717) is 26.6 Å². The van der Waals surface area contributed by atoms with Crippen molar-refractivity contribution in [1.82, 2.24) is 4.98 Å². The Morgan fingerprint density at radius 1 is 1.04 bits per heavy atom. The summed E-state index contributed by atoms with van der Waals surface area (Å²) in [7, 11) is 0. The maximum absolute atomic E-state index is 12.5. The summed E-state index contributed by atoms with van der Waals surface area (Å²) in [4.78, 5) is 27.7. The van der Waals surface area contributed by atoms with Crippen LogP contribution in [0.15, 0.2) is 47.4 Å². The highest BCUT2D eigenvalue weighted by Gasteiger charge is 2.15. The molecule has 1 aromatic heterocycles. The van der Waals surface area contributed by atoms with Gasteiger partial charge >= 0.3 is 0 Å². The van der Waals surface area contributed by atoms with Crippen molar-refractivity contribution >= 4 is 57.3 Å².